The number of Topliss-reactive ketones (excluding diaryl/α,β-unsaturated/α-hetero) is 1. The van der Waals surface area contributed by atoms with E-state index < -0.39 is 0 Å². The van der Waals surface area contributed by atoms with Crippen molar-refractivity contribution in [3.05, 3.63) is 47.9 Å². The van der Waals surface area contributed by atoms with Gasteiger partial charge in [-0.3, -0.25) is 4.98 Å². The van der Waals surface area contributed by atoms with Gasteiger partial charge in [0.25, 0.3) is 0 Å². The van der Waals surface area contributed by atoms with Crippen molar-refractivity contribution in [2.24, 2.45) is 5.92 Å². The fourth-order valence-electron chi connectivity index (χ4n) is 2.93. The molecule has 1 aromatic carbocycles. The summed E-state index contributed by atoms with van der Waals surface area (Å²) in [6.07, 6.45) is 4.30. The lowest BCUT2D eigenvalue weighted by Crippen LogP contribution is -2.34. The zero-order chi connectivity index (χ0) is 16.4. The summed E-state index contributed by atoms with van der Waals surface area (Å²) >= 11 is 0. The Kier molecular flexibility index (Phi) is 4.42. The second-order valence-corrected chi connectivity index (χ2v) is 6.32. The molecule has 3 nitrogen and oxygen atoms in total. The van der Waals surface area contributed by atoms with Crippen molar-refractivity contribution in [2.45, 2.75) is 39.2 Å². The number of ether oxygens (including phenoxy) is 1. The number of rotatable bonds is 5. The van der Waals surface area contributed by atoms with E-state index in [1.54, 1.807) is 26.1 Å². The Labute approximate surface area is 135 Å². The summed E-state index contributed by atoms with van der Waals surface area (Å²) in [6.45, 7) is 3.37. The molecule has 23 heavy (non-hydrogen) atoms. The van der Waals surface area contributed by atoms with Gasteiger partial charge in [0.15, 0.2) is 0 Å². The lowest BCUT2D eigenvalue weighted by molar-refractivity contribution is -0.119. The first-order valence-corrected chi connectivity index (χ1v) is 7.90. The smallest absolute Gasteiger partial charge is 0.130 e. The summed E-state index contributed by atoms with van der Waals surface area (Å²) in [5.74, 6) is 1.19. The summed E-state index contributed by atoms with van der Waals surface area (Å²) in [7, 11) is 0. The average molecular weight is 313 g/mol. The molecule has 0 atom stereocenters. The zero-order valence-electron chi connectivity index (χ0n) is 13.4. The van der Waals surface area contributed by atoms with Crippen molar-refractivity contribution in [3.8, 4) is 17.0 Å². The summed E-state index contributed by atoms with van der Waals surface area (Å²) < 4.78 is 19.6. The van der Waals surface area contributed by atoms with E-state index in [0.29, 0.717) is 23.6 Å². The Hall–Kier alpha value is -2.23. The van der Waals surface area contributed by atoms with Crippen LogP contribution in [0.25, 0.3) is 11.3 Å². The van der Waals surface area contributed by atoms with Crippen LogP contribution in [0.2, 0.25) is 0 Å². The third-order valence-electron chi connectivity index (χ3n) is 4.27. The summed E-state index contributed by atoms with van der Waals surface area (Å²) in [4.78, 5) is 15.4. The van der Waals surface area contributed by atoms with Crippen LogP contribution in [0.15, 0.2) is 36.5 Å². The summed E-state index contributed by atoms with van der Waals surface area (Å²) in [5.41, 5.74) is 2.05. The first kappa shape index (κ1) is 15.7. The Balaban J connectivity index is 1.66. The molecule has 0 unspecified atom stereocenters. The van der Waals surface area contributed by atoms with Crippen LogP contribution in [0, 0.1) is 18.7 Å². The SMILES string of the molecule is CC(=O)CC1CC(Oc2ccnc(-c3ccc(C)c(F)c3)c2)C1. The Bertz CT molecular complexity index is 723. The maximum absolute atomic E-state index is 13.7. The number of nitrogens with zero attached hydrogens (tertiary/aromatic N) is 1. The zero-order valence-corrected chi connectivity index (χ0v) is 13.4. The van der Waals surface area contributed by atoms with Crippen LogP contribution < -0.4 is 4.74 Å². The molecule has 1 heterocycles. The molecule has 0 aliphatic heterocycles. The molecule has 120 valence electrons. The normalized spacial score (nSPS) is 20.0. The number of carbonyl (C=O) groups is 1. The van der Waals surface area contributed by atoms with Gasteiger partial charge in [-0.25, -0.2) is 4.39 Å². The highest BCUT2D eigenvalue weighted by atomic mass is 19.1. The number of hydrogen-bond acceptors (Lipinski definition) is 3. The quantitative estimate of drug-likeness (QED) is 0.824. The lowest BCUT2D eigenvalue weighted by Gasteiger charge is -2.34. The molecule has 1 aromatic heterocycles. The lowest BCUT2D eigenvalue weighted by atomic mass is 9.79. The fourth-order valence-corrected chi connectivity index (χ4v) is 2.93. The van der Waals surface area contributed by atoms with Crippen molar-refractivity contribution in [3.63, 3.8) is 0 Å². The van der Waals surface area contributed by atoms with Crippen molar-refractivity contribution < 1.29 is 13.9 Å². The van der Waals surface area contributed by atoms with Gasteiger partial charge < -0.3 is 9.53 Å². The van der Waals surface area contributed by atoms with Crippen molar-refractivity contribution in [1.29, 1.82) is 0 Å². The van der Waals surface area contributed by atoms with E-state index in [1.165, 1.54) is 6.07 Å². The maximum atomic E-state index is 13.7. The molecule has 0 spiro atoms. The first-order valence-electron chi connectivity index (χ1n) is 7.90. The van der Waals surface area contributed by atoms with Crippen molar-refractivity contribution >= 4 is 5.78 Å². The molecule has 0 radical (unpaired) electrons. The van der Waals surface area contributed by atoms with Gasteiger partial charge in [-0.2, -0.15) is 0 Å². The van der Waals surface area contributed by atoms with Crippen molar-refractivity contribution in [2.75, 3.05) is 0 Å². The molecule has 1 aliphatic rings. The molecule has 0 N–H and O–H groups in total. The third kappa shape index (κ3) is 3.76. The number of hydrogen-bond donors (Lipinski definition) is 0. The molecule has 3 rings (SSSR count). The second kappa shape index (κ2) is 6.49. The van der Waals surface area contributed by atoms with Crippen LogP contribution >= 0.6 is 0 Å². The van der Waals surface area contributed by atoms with Crippen LogP contribution in [-0.2, 0) is 4.79 Å². The van der Waals surface area contributed by atoms with E-state index in [2.05, 4.69) is 4.98 Å². The number of aryl methyl sites for hydroxylation is 1. The topological polar surface area (TPSA) is 39.2 Å². The largest absolute Gasteiger partial charge is 0.490 e. The highest BCUT2D eigenvalue weighted by molar-refractivity contribution is 5.75. The number of carbonyl (C=O) groups excluding carboxylic acids is 1. The van der Waals surface area contributed by atoms with Gasteiger partial charge in [-0.05, 0) is 50.3 Å². The van der Waals surface area contributed by atoms with E-state index in [4.69, 9.17) is 4.74 Å². The Morgan fingerprint density at radius 2 is 2.09 bits per heavy atom. The van der Waals surface area contributed by atoms with Gasteiger partial charge in [-0.1, -0.05) is 12.1 Å². The van der Waals surface area contributed by atoms with Gasteiger partial charge in [0.05, 0.1) is 11.8 Å². The molecule has 4 heteroatoms. The van der Waals surface area contributed by atoms with Crippen LogP contribution in [-0.4, -0.2) is 16.9 Å². The first-order chi connectivity index (χ1) is 11.0. The van der Waals surface area contributed by atoms with Gasteiger partial charge in [0.1, 0.15) is 17.3 Å². The highest BCUT2D eigenvalue weighted by Crippen LogP contribution is 2.34. The number of ketones is 1. The number of aromatic nitrogens is 1. The highest BCUT2D eigenvalue weighted by Gasteiger charge is 2.31. The predicted octanol–water partition coefficient (Wildman–Crippen LogP) is 4.33. The second-order valence-electron chi connectivity index (χ2n) is 6.32. The molecule has 1 aliphatic carbocycles. The van der Waals surface area contributed by atoms with Gasteiger partial charge >= 0.3 is 0 Å². The molecular formula is C19H20FNO2. The molecule has 0 amide bonds. The Morgan fingerprint density at radius 1 is 1.30 bits per heavy atom. The monoisotopic (exact) mass is 313 g/mol. The summed E-state index contributed by atoms with van der Waals surface area (Å²) in [5, 5.41) is 0. The maximum Gasteiger partial charge on any atom is 0.130 e. The third-order valence-corrected chi connectivity index (χ3v) is 4.27. The average Bonchev–Trinajstić information content (AvgIpc) is 2.48. The fraction of sp³-hybridized carbons (Fsp3) is 0.368. The van der Waals surface area contributed by atoms with E-state index in [9.17, 15) is 9.18 Å². The number of halogens is 1. The predicted molar refractivity (Wildman–Crippen MR) is 86.8 cm³/mol. The molecule has 1 fully saturated rings. The van der Waals surface area contributed by atoms with E-state index >= 15 is 0 Å². The Morgan fingerprint density at radius 3 is 2.78 bits per heavy atom. The van der Waals surface area contributed by atoms with E-state index in [-0.39, 0.29) is 17.7 Å². The van der Waals surface area contributed by atoms with Crippen LogP contribution in [0.5, 0.6) is 5.75 Å². The molecule has 2 aromatic rings. The van der Waals surface area contributed by atoms with E-state index in [1.807, 2.05) is 18.2 Å². The standard InChI is InChI=1S/C19H20FNO2/c1-12-3-4-15(10-18(12)20)19-11-16(5-6-21-19)23-17-8-14(9-17)7-13(2)22/h3-6,10-11,14,17H,7-9H2,1-2H3. The van der Waals surface area contributed by atoms with Crippen LogP contribution in [0.3, 0.4) is 0 Å². The van der Waals surface area contributed by atoms with E-state index in [0.717, 1.165) is 24.2 Å². The van der Waals surface area contributed by atoms with Gasteiger partial charge in [-0.15, -0.1) is 0 Å². The van der Waals surface area contributed by atoms with Crippen LogP contribution in [0.1, 0.15) is 31.7 Å². The van der Waals surface area contributed by atoms with Gasteiger partial charge in [0, 0.05) is 24.2 Å². The number of benzene rings is 1. The molecular weight excluding hydrogens is 293 g/mol. The minimum Gasteiger partial charge on any atom is -0.490 e. The van der Waals surface area contributed by atoms with Crippen molar-refractivity contribution in [1.82, 2.24) is 4.98 Å². The number of pyridine rings is 1. The summed E-state index contributed by atoms with van der Waals surface area (Å²) in [6, 6.07) is 8.75. The molecule has 0 bridgehead atoms. The minimum absolute atomic E-state index is 0.157. The van der Waals surface area contributed by atoms with Gasteiger partial charge in [0.2, 0.25) is 0 Å². The minimum atomic E-state index is -0.235. The molecule has 1 saturated carbocycles. The molecule has 0 saturated heterocycles. The van der Waals surface area contributed by atoms with Crippen LogP contribution in [0.4, 0.5) is 4.39 Å².